The first-order chi connectivity index (χ1) is 14.0. The van der Waals surface area contributed by atoms with Gasteiger partial charge in [0.15, 0.2) is 6.61 Å². The van der Waals surface area contributed by atoms with Crippen LogP contribution in [0.15, 0.2) is 35.7 Å². The van der Waals surface area contributed by atoms with Crippen molar-refractivity contribution in [3.05, 3.63) is 46.2 Å². The molecular weight excluding hydrogens is 396 g/mol. The highest BCUT2D eigenvalue weighted by Crippen LogP contribution is 2.25. The van der Waals surface area contributed by atoms with Crippen LogP contribution in [0.1, 0.15) is 20.0 Å². The number of nitrogens with zero attached hydrogens (tertiary/aromatic N) is 2. The van der Waals surface area contributed by atoms with Crippen LogP contribution in [-0.2, 0) is 9.53 Å². The van der Waals surface area contributed by atoms with Gasteiger partial charge in [0, 0.05) is 32.2 Å². The fourth-order valence-corrected chi connectivity index (χ4v) is 3.66. The van der Waals surface area contributed by atoms with Crippen LogP contribution < -0.4 is 9.47 Å². The first-order valence-electron chi connectivity index (χ1n) is 9.03. The first kappa shape index (κ1) is 20.7. The van der Waals surface area contributed by atoms with Crippen molar-refractivity contribution < 1.29 is 28.6 Å². The third kappa shape index (κ3) is 4.86. The summed E-state index contributed by atoms with van der Waals surface area (Å²) < 4.78 is 15.5. The molecule has 1 aromatic carbocycles. The lowest BCUT2D eigenvalue weighted by Gasteiger charge is -2.34. The molecule has 1 aromatic heterocycles. The minimum atomic E-state index is -0.559. The molecule has 9 heteroatoms. The van der Waals surface area contributed by atoms with E-state index in [-0.39, 0.29) is 29.7 Å². The number of ether oxygens (including phenoxy) is 3. The number of carbonyl (C=O) groups is 3. The Bertz CT molecular complexity index is 875. The molecular formula is C20H22N2O6S. The van der Waals surface area contributed by atoms with Crippen molar-refractivity contribution in [3.8, 4) is 11.5 Å². The predicted molar refractivity (Wildman–Crippen MR) is 107 cm³/mol. The van der Waals surface area contributed by atoms with Crippen LogP contribution in [0.25, 0.3) is 0 Å². The van der Waals surface area contributed by atoms with Gasteiger partial charge in [-0.25, -0.2) is 4.79 Å². The Morgan fingerprint density at radius 3 is 2.38 bits per heavy atom. The van der Waals surface area contributed by atoms with Gasteiger partial charge >= 0.3 is 5.97 Å². The number of piperazine rings is 1. The fraction of sp³-hybridized carbons (Fsp3) is 0.350. The normalized spacial score (nSPS) is 13.7. The molecule has 0 spiro atoms. The van der Waals surface area contributed by atoms with Crippen molar-refractivity contribution in [2.24, 2.45) is 0 Å². The van der Waals surface area contributed by atoms with Crippen molar-refractivity contribution in [1.82, 2.24) is 9.80 Å². The summed E-state index contributed by atoms with van der Waals surface area (Å²) >= 11 is 1.41. The second-order valence-electron chi connectivity index (χ2n) is 6.29. The van der Waals surface area contributed by atoms with E-state index in [1.165, 1.54) is 37.7 Å². The molecule has 0 unspecified atom stereocenters. The molecule has 0 atom stereocenters. The Kier molecular flexibility index (Phi) is 6.71. The van der Waals surface area contributed by atoms with Gasteiger partial charge in [-0.3, -0.25) is 9.59 Å². The molecule has 1 saturated heterocycles. The molecule has 0 bridgehead atoms. The van der Waals surface area contributed by atoms with Crippen LogP contribution in [-0.4, -0.2) is 74.6 Å². The number of amides is 2. The quantitative estimate of drug-likeness (QED) is 0.667. The molecule has 0 saturated carbocycles. The number of rotatable bonds is 6. The second-order valence-corrected chi connectivity index (χ2v) is 7.24. The molecule has 0 aliphatic carbocycles. The van der Waals surface area contributed by atoms with E-state index in [2.05, 4.69) is 0 Å². The number of esters is 1. The van der Waals surface area contributed by atoms with Crippen molar-refractivity contribution in [3.63, 3.8) is 0 Å². The van der Waals surface area contributed by atoms with Crippen molar-refractivity contribution >= 4 is 29.1 Å². The number of thiophene rings is 1. The molecule has 29 heavy (non-hydrogen) atoms. The minimum Gasteiger partial charge on any atom is -0.497 e. The van der Waals surface area contributed by atoms with Gasteiger partial charge in [0.2, 0.25) is 0 Å². The van der Waals surface area contributed by atoms with Crippen LogP contribution in [0.3, 0.4) is 0 Å². The maximum Gasteiger partial charge on any atom is 0.341 e. The fourth-order valence-electron chi connectivity index (χ4n) is 2.97. The summed E-state index contributed by atoms with van der Waals surface area (Å²) in [6.07, 6.45) is 0. The number of hydrogen-bond acceptors (Lipinski definition) is 7. The Morgan fingerprint density at radius 1 is 1.03 bits per heavy atom. The molecule has 0 radical (unpaired) electrons. The highest BCUT2D eigenvalue weighted by Gasteiger charge is 2.26. The minimum absolute atomic E-state index is 0.0116. The zero-order valence-electron chi connectivity index (χ0n) is 16.3. The highest BCUT2D eigenvalue weighted by atomic mass is 32.1. The zero-order chi connectivity index (χ0) is 20.8. The molecule has 8 nitrogen and oxygen atoms in total. The van der Waals surface area contributed by atoms with Gasteiger partial charge in [-0.15, -0.1) is 11.3 Å². The van der Waals surface area contributed by atoms with E-state index >= 15 is 0 Å². The molecule has 1 fully saturated rings. The SMILES string of the molecule is COC(=O)c1ccc(OC)cc1OCC(=O)N1CCN(C(=O)c2cccs2)CC1. The number of methoxy groups -OCH3 is 2. The van der Waals surface area contributed by atoms with Crippen LogP contribution in [0.4, 0.5) is 0 Å². The summed E-state index contributed by atoms with van der Waals surface area (Å²) in [4.78, 5) is 40.9. The van der Waals surface area contributed by atoms with Crippen LogP contribution in [0.5, 0.6) is 11.5 Å². The number of benzene rings is 1. The number of carbonyl (C=O) groups excluding carboxylic acids is 3. The predicted octanol–water partition coefficient (Wildman–Crippen LogP) is 1.91. The average molecular weight is 418 g/mol. The Hall–Kier alpha value is -3.07. The maximum atomic E-state index is 12.5. The summed E-state index contributed by atoms with van der Waals surface area (Å²) in [5.74, 6) is -0.0676. The topological polar surface area (TPSA) is 85.4 Å². The molecule has 2 aromatic rings. The molecule has 1 aliphatic heterocycles. The molecule has 2 heterocycles. The Labute approximate surface area is 172 Å². The highest BCUT2D eigenvalue weighted by molar-refractivity contribution is 7.12. The van der Waals surface area contributed by atoms with E-state index in [0.717, 1.165) is 0 Å². The van der Waals surface area contributed by atoms with Crippen molar-refractivity contribution in [2.45, 2.75) is 0 Å². The molecule has 3 rings (SSSR count). The van der Waals surface area contributed by atoms with E-state index in [1.807, 2.05) is 11.4 Å². The molecule has 2 amide bonds. The van der Waals surface area contributed by atoms with Gasteiger partial charge in [-0.05, 0) is 23.6 Å². The van der Waals surface area contributed by atoms with Gasteiger partial charge in [0.25, 0.3) is 11.8 Å². The third-order valence-electron chi connectivity index (χ3n) is 4.60. The summed E-state index contributed by atoms with van der Waals surface area (Å²) in [5, 5.41) is 1.87. The molecule has 0 N–H and O–H groups in total. The zero-order valence-corrected chi connectivity index (χ0v) is 17.1. The van der Waals surface area contributed by atoms with Crippen LogP contribution in [0.2, 0.25) is 0 Å². The monoisotopic (exact) mass is 418 g/mol. The standard InChI is InChI=1S/C20H22N2O6S/c1-26-14-5-6-15(20(25)27-2)16(12-14)28-13-18(23)21-7-9-22(10-8-21)19(24)17-4-3-11-29-17/h3-6,11-12H,7-10,13H2,1-2H3. The van der Waals surface area contributed by atoms with E-state index < -0.39 is 5.97 Å². The second kappa shape index (κ2) is 9.42. The molecule has 154 valence electrons. The lowest BCUT2D eigenvalue weighted by molar-refractivity contribution is -0.134. The average Bonchev–Trinajstić information content (AvgIpc) is 3.31. The summed E-state index contributed by atoms with van der Waals surface area (Å²) in [7, 11) is 2.78. The van der Waals surface area contributed by atoms with Gasteiger partial charge < -0.3 is 24.0 Å². The maximum absolute atomic E-state index is 12.5. The number of hydrogen-bond donors (Lipinski definition) is 0. The van der Waals surface area contributed by atoms with Crippen molar-refractivity contribution in [1.29, 1.82) is 0 Å². The van der Waals surface area contributed by atoms with E-state index in [0.29, 0.717) is 36.8 Å². The van der Waals surface area contributed by atoms with Crippen LogP contribution >= 0.6 is 11.3 Å². The van der Waals surface area contributed by atoms with Gasteiger partial charge in [-0.1, -0.05) is 6.07 Å². The smallest absolute Gasteiger partial charge is 0.341 e. The Balaban J connectivity index is 1.57. The van der Waals surface area contributed by atoms with Gasteiger partial charge in [-0.2, -0.15) is 0 Å². The third-order valence-corrected chi connectivity index (χ3v) is 5.45. The van der Waals surface area contributed by atoms with Gasteiger partial charge in [0.1, 0.15) is 17.1 Å². The lowest BCUT2D eigenvalue weighted by Crippen LogP contribution is -2.51. The summed E-state index contributed by atoms with van der Waals surface area (Å²) in [5.41, 5.74) is 0.215. The molecule has 1 aliphatic rings. The van der Waals surface area contributed by atoms with Gasteiger partial charge in [0.05, 0.1) is 19.1 Å². The lowest BCUT2D eigenvalue weighted by atomic mass is 10.2. The van der Waals surface area contributed by atoms with E-state index in [9.17, 15) is 14.4 Å². The van der Waals surface area contributed by atoms with Crippen molar-refractivity contribution in [2.75, 3.05) is 47.0 Å². The largest absolute Gasteiger partial charge is 0.497 e. The van der Waals surface area contributed by atoms with Crippen LogP contribution in [0, 0.1) is 0 Å². The first-order valence-corrected chi connectivity index (χ1v) is 9.91. The summed E-state index contributed by atoms with van der Waals surface area (Å²) in [6, 6.07) is 8.32. The van der Waals surface area contributed by atoms with E-state index in [4.69, 9.17) is 14.2 Å². The van der Waals surface area contributed by atoms with E-state index in [1.54, 1.807) is 21.9 Å². The summed E-state index contributed by atoms with van der Waals surface area (Å²) in [6.45, 7) is 1.57. The Morgan fingerprint density at radius 2 is 1.76 bits per heavy atom.